The Bertz CT molecular complexity index is 907. The smallest absolute Gasteiger partial charge is 0.369 e. The number of methoxy groups -OCH3 is 1. The molecule has 1 heterocycles. The number of benzene rings is 2. The van der Waals surface area contributed by atoms with Gasteiger partial charge in [0.2, 0.25) is 0 Å². The molecular formula is C17H18ClN5O2. The second-order valence-electron chi connectivity index (χ2n) is 5.62. The van der Waals surface area contributed by atoms with Crippen LogP contribution in [0.5, 0.6) is 5.75 Å². The molecule has 25 heavy (non-hydrogen) atoms. The van der Waals surface area contributed by atoms with Gasteiger partial charge in [0.1, 0.15) is 12.4 Å². The van der Waals surface area contributed by atoms with Crippen molar-refractivity contribution in [3.05, 3.63) is 69.6 Å². The normalized spacial score (nSPS) is 11.0. The third-order valence-electron chi connectivity index (χ3n) is 3.70. The summed E-state index contributed by atoms with van der Waals surface area (Å²) in [5.74, 6) is 0.747. The molecule has 0 saturated heterocycles. The zero-order valence-corrected chi connectivity index (χ0v) is 14.7. The van der Waals surface area contributed by atoms with Gasteiger partial charge in [0.25, 0.3) is 0 Å². The number of aromatic nitrogens is 4. The van der Waals surface area contributed by atoms with Crippen molar-refractivity contribution in [1.29, 1.82) is 0 Å². The summed E-state index contributed by atoms with van der Waals surface area (Å²) in [7, 11) is 3.50. The molecule has 0 unspecified atom stereocenters. The molecule has 1 aromatic heterocycles. The summed E-state index contributed by atoms with van der Waals surface area (Å²) in [5, 5.41) is 8.53. The number of para-hydroxylation sites is 1. The molecule has 0 spiro atoms. The summed E-state index contributed by atoms with van der Waals surface area (Å²) in [4.78, 5) is 14.4. The zero-order chi connectivity index (χ0) is 17.8. The number of halogens is 1. The molecule has 3 aromatic rings. The first-order valence-corrected chi connectivity index (χ1v) is 8.05. The molecule has 0 saturated carbocycles. The van der Waals surface area contributed by atoms with E-state index in [0.29, 0.717) is 23.9 Å². The monoisotopic (exact) mass is 359 g/mol. The van der Waals surface area contributed by atoms with Gasteiger partial charge in [0.15, 0.2) is 0 Å². The highest BCUT2D eigenvalue weighted by atomic mass is 35.5. The lowest BCUT2D eigenvalue weighted by atomic mass is 10.2. The first-order valence-electron chi connectivity index (χ1n) is 7.67. The van der Waals surface area contributed by atoms with Crippen LogP contribution in [0.25, 0.3) is 5.69 Å². The van der Waals surface area contributed by atoms with Gasteiger partial charge in [-0.3, -0.25) is 4.90 Å². The predicted octanol–water partition coefficient (Wildman–Crippen LogP) is 2.18. The zero-order valence-electron chi connectivity index (χ0n) is 14.0. The van der Waals surface area contributed by atoms with Gasteiger partial charge >= 0.3 is 5.69 Å². The van der Waals surface area contributed by atoms with Crippen molar-refractivity contribution in [2.75, 3.05) is 14.2 Å². The van der Waals surface area contributed by atoms with Crippen molar-refractivity contribution < 1.29 is 4.74 Å². The third kappa shape index (κ3) is 3.89. The first kappa shape index (κ1) is 17.2. The molecule has 130 valence electrons. The van der Waals surface area contributed by atoms with Crippen molar-refractivity contribution in [3.8, 4) is 11.4 Å². The van der Waals surface area contributed by atoms with Crippen LogP contribution in [0.4, 0.5) is 0 Å². The molecule has 0 aliphatic heterocycles. The summed E-state index contributed by atoms with van der Waals surface area (Å²) < 4.78 is 7.93. The lowest BCUT2D eigenvalue weighted by Gasteiger charge is -2.17. The minimum absolute atomic E-state index is 0.293. The standard InChI is InChI=1S/C17H18ClN5O2/c1-21(11-13-10-14(18)8-9-16(13)25-2)12-22-17(24)23(20-19-22)15-6-4-3-5-7-15/h3-10H,11-12H2,1-2H3. The molecule has 0 amide bonds. The fourth-order valence-corrected chi connectivity index (χ4v) is 2.73. The Morgan fingerprint density at radius 3 is 2.64 bits per heavy atom. The molecule has 0 aliphatic carbocycles. The number of hydrogen-bond acceptors (Lipinski definition) is 5. The lowest BCUT2D eigenvalue weighted by Crippen LogP contribution is -2.31. The van der Waals surface area contributed by atoms with Crippen molar-refractivity contribution >= 4 is 11.6 Å². The summed E-state index contributed by atoms with van der Waals surface area (Å²) in [6, 6.07) is 14.6. The van der Waals surface area contributed by atoms with Crippen molar-refractivity contribution in [2.24, 2.45) is 0 Å². The van der Waals surface area contributed by atoms with Crippen molar-refractivity contribution in [1.82, 2.24) is 24.7 Å². The van der Waals surface area contributed by atoms with Crippen LogP contribution in [0.2, 0.25) is 5.02 Å². The largest absolute Gasteiger partial charge is 0.496 e. The SMILES string of the molecule is COc1ccc(Cl)cc1CN(C)Cn1nnn(-c2ccccc2)c1=O. The van der Waals surface area contributed by atoms with Crippen LogP contribution in [0, 0.1) is 0 Å². The van der Waals surface area contributed by atoms with Crippen molar-refractivity contribution in [2.45, 2.75) is 13.2 Å². The Hall–Kier alpha value is -2.64. The van der Waals surface area contributed by atoms with Crippen LogP contribution in [0.3, 0.4) is 0 Å². The molecule has 0 fully saturated rings. The van der Waals surface area contributed by atoms with E-state index in [2.05, 4.69) is 10.4 Å². The van der Waals surface area contributed by atoms with E-state index in [1.807, 2.05) is 42.3 Å². The highest BCUT2D eigenvalue weighted by molar-refractivity contribution is 6.30. The van der Waals surface area contributed by atoms with E-state index in [4.69, 9.17) is 16.3 Å². The molecule has 3 rings (SSSR count). The van der Waals surface area contributed by atoms with E-state index in [0.717, 1.165) is 11.3 Å². The number of tetrazole rings is 1. The van der Waals surface area contributed by atoms with Crippen LogP contribution < -0.4 is 10.4 Å². The summed E-state index contributed by atoms with van der Waals surface area (Å²) in [6.07, 6.45) is 0. The van der Waals surface area contributed by atoms with Gasteiger partial charge in [-0.15, -0.1) is 0 Å². The van der Waals surface area contributed by atoms with E-state index in [1.165, 1.54) is 9.36 Å². The topological polar surface area (TPSA) is 65.2 Å². The molecule has 0 radical (unpaired) electrons. The lowest BCUT2D eigenvalue weighted by molar-refractivity contribution is 0.236. The van der Waals surface area contributed by atoms with Crippen LogP contribution in [-0.4, -0.2) is 38.8 Å². The van der Waals surface area contributed by atoms with Crippen molar-refractivity contribution in [3.63, 3.8) is 0 Å². The molecule has 0 aliphatic rings. The van der Waals surface area contributed by atoms with Gasteiger partial charge in [-0.1, -0.05) is 29.8 Å². The van der Waals surface area contributed by atoms with E-state index < -0.39 is 0 Å². The quantitative estimate of drug-likeness (QED) is 0.675. The van der Waals surface area contributed by atoms with Crippen LogP contribution >= 0.6 is 11.6 Å². The minimum Gasteiger partial charge on any atom is -0.496 e. The first-order chi connectivity index (χ1) is 12.1. The molecule has 2 aromatic carbocycles. The Morgan fingerprint density at radius 1 is 1.16 bits per heavy atom. The summed E-state index contributed by atoms with van der Waals surface area (Å²) >= 11 is 6.06. The second kappa shape index (κ2) is 7.50. The fraction of sp³-hybridized carbons (Fsp3) is 0.235. The van der Waals surface area contributed by atoms with Gasteiger partial charge in [0, 0.05) is 17.1 Å². The summed E-state index contributed by atoms with van der Waals surface area (Å²) in [5.41, 5.74) is 1.31. The molecule has 0 bridgehead atoms. The van der Waals surface area contributed by atoms with E-state index in [9.17, 15) is 4.79 Å². The van der Waals surface area contributed by atoms with Crippen LogP contribution in [-0.2, 0) is 13.2 Å². The third-order valence-corrected chi connectivity index (χ3v) is 3.93. The second-order valence-corrected chi connectivity index (χ2v) is 6.06. The maximum absolute atomic E-state index is 12.5. The predicted molar refractivity (Wildman–Crippen MR) is 95.1 cm³/mol. The van der Waals surface area contributed by atoms with Gasteiger partial charge in [0.05, 0.1) is 12.8 Å². The Labute approximate surface area is 150 Å². The average Bonchev–Trinajstić information content (AvgIpc) is 2.96. The maximum atomic E-state index is 12.5. The van der Waals surface area contributed by atoms with Gasteiger partial charge in [-0.05, 0) is 47.8 Å². The Balaban J connectivity index is 1.76. The van der Waals surface area contributed by atoms with Gasteiger partial charge < -0.3 is 4.74 Å². The number of rotatable bonds is 6. The van der Waals surface area contributed by atoms with Crippen LogP contribution in [0.15, 0.2) is 53.3 Å². The van der Waals surface area contributed by atoms with Crippen LogP contribution in [0.1, 0.15) is 5.56 Å². The minimum atomic E-state index is -0.295. The highest BCUT2D eigenvalue weighted by Crippen LogP contribution is 2.23. The number of ether oxygens (including phenoxy) is 1. The summed E-state index contributed by atoms with van der Waals surface area (Å²) in [6.45, 7) is 0.843. The fourth-order valence-electron chi connectivity index (χ4n) is 2.53. The number of hydrogen-bond donors (Lipinski definition) is 0. The van der Waals surface area contributed by atoms with E-state index >= 15 is 0 Å². The van der Waals surface area contributed by atoms with Gasteiger partial charge in [-0.25, -0.2) is 4.79 Å². The Morgan fingerprint density at radius 2 is 1.92 bits per heavy atom. The molecule has 8 heteroatoms. The van der Waals surface area contributed by atoms with E-state index in [-0.39, 0.29) is 5.69 Å². The molecular weight excluding hydrogens is 342 g/mol. The average molecular weight is 360 g/mol. The Kier molecular flexibility index (Phi) is 5.16. The number of nitrogens with zero attached hydrogens (tertiary/aromatic N) is 5. The molecule has 0 atom stereocenters. The maximum Gasteiger partial charge on any atom is 0.369 e. The van der Waals surface area contributed by atoms with Gasteiger partial charge in [-0.2, -0.15) is 9.36 Å². The highest BCUT2D eigenvalue weighted by Gasteiger charge is 2.12. The molecule has 7 nitrogen and oxygen atoms in total. The van der Waals surface area contributed by atoms with E-state index in [1.54, 1.807) is 25.3 Å². The molecule has 0 N–H and O–H groups in total.